The summed E-state index contributed by atoms with van der Waals surface area (Å²) in [5.41, 5.74) is 2.72. The van der Waals surface area contributed by atoms with E-state index in [1.165, 1.54) is 120 Å². The van der Waals surface area contributed by atoms with E-state index in [4.69, 9.17) is 39.0 Å². The fraction of sp³-hybridized carbons (Fsp3) is 0.560. The number of azo groups is 1. The molecule has 20 N–H and O–H groups in total. The lowest BCUT2D eigenvalue weighted by Crippen LogP contribution is -2.59. The van der Waals surface area contributed by atoms with Gasteiger partial charge in [0, 0.05) is 95.0 Å². The third-order valence-electron chi connectivity index (χ3n) is 20.0. The van der Waals surface area contributed by atoms with Crippen LogP contribution >= 0.6 is 91.1 Å². The van der Waals surface area contributed by atoms with Gasteiger partial charge in [-0.15, -0.1) is 79.4 Å². The van der Waals surface area contributed by atoms with E-state index in [0.717, 1.165) is 33.2 Å². The van der Waals surface area contributed by atoms with Gasteiger partial charge in [-0.2, -0.15) is 10.2 Å². The maximum absolute atomic E-state index is 13.0. The van der Waals surface area contributed by atoms with Gasteiger partial charge in [0.25, 0.3) is 0 Å². The molecule has 0 bridgehead atoms. The number of hydrogen-bond donors (Lipinski definition) is 20. The van der Waals surface area contributed by atoms with Crippen LogP contribution in [0.2, 0.25) is 0 Å². The predicted molar refractivity (Wildman–Crippen MR) is 441 cm³/mol. The molecular formula is C75H94N10O30S8. The summed E-state index contributed by atoms with van der Waals surface area (Å²) in [4.78, 5) is 96.7. The zero-order valence-electron chi connectivity index (χ0n) is 66.0. The van der Waals surface area contributed by atoms with Crippen molar-refractivity contribution in [2.75, 3.05) is 45.3 Å². The second kappa shape index (κ2) is 45.5. The lowest BCUT2D eigenvalue weighted by atomic mass is 9.93. The number of aliphatic hydroxyl groups excluding tert-OH is 20. The molecule has 0 aliphatic carbocycles. The number of rotatable bonds is 26. The number of hydrogen-bond acceptors (Lipinski definition) is 48. The highest BCUT2D eigenvalue weighted by molar-refractivity contribution is 8.01. The van der Waals surface area contributed by atoms with E-state index in [-0.39, 0.29) is 53.9 Å². The fourth-order valence-corrected chi connectivity index (χ4v) is 20.5. The van der Waals surface area contributed by atoms with Crippen LogP contribution in [-0.4, -0.2) is 369 Å². The fourth-order valence-electron chi connectivity index (χ4n) is 12.9. The van der Waals surface area contributed by atoms with Crippen molar-refractivity contribution in [1.29, 1.82) is 0 Å². The largest absolute Gasteiger partial charge is 0.394 e. The number of aliphatic hydroxyl groups is 20. The van der Waals surface area contributed by atoms with Crippen molar-refractivity contribution < 1.29 is 150 Å². The second-order valence-electron chi connectivity index (χ2n) is 28.7. The highest BCUT2D eigenvalue weighted by Gasteiger charge is 2.49. The Labute approximate surface area is 732 Å². The number of thiazole rings is 7. The minimum absolute atomic E-state index is 0.0495. The third-order valence-corrected chi connectivity index (χ3v) is 29.0. The van der Waals surface area contributed by atoms with Crippen molar-refractivity contribution in [2.45, 2.75) is 224 Å². The predicted octanol–water partition coefficient (Wildman–Crippen LogP) is -1.95. The average Bonchev–Trinajstić information content (AvgIpc) is 1.74. The van der Waals surface area contributed by atoms with E-state index in [0.29, 0.717) is 100.0 Å². The molecule has 0 aromatic carbocycles. The summed E-state index contributed by atoms with van der Waals surface area (Å²) < 4.78 is 27.8. The highest BCUT2D eigenvalue weighted by atomic mass is 32.2. The first kappa shape index (κ1) is 98.8. The molecule has 672 valence electrons. The number of ether oxygens (including phenoxy) is 5. The number of thioether (sulfide) groups is 1. The average molecular weight is 1870 g/mol. The molecule has 5 fully saturated rings. The molecule has 48 heteroatoms. The van der Waals surface area contributed by atoms with E-state index in [1.54, 1.807) is 26.2 Å². The standard InChI is InChI=1S/C20H21N3O6S2.C18H20N4O6S2.C13H19NO6S.C12H17NO6S2.C12H17NO6S/c1-9-19(31-20(23-9)10-3-2-4-21-6-10)17(27)13-7-22-14(30-13)5-11-15(25)18(28)16(26)12(8-24)29-11;1-7-17(30-18(21-7)8-2-3-20-22-8)15(26)11-5-19-12(29-11)4-9-13(24)16(27)14(25)10(6-23)28-9;1-6(16)9-4-14-10(21-9)3-2-7-11(17)13(19)12(18)8(5-15)20-7;1-5(15)8-2-13-12(21-8)20-4-7-10(17)11(18)9(16)6(3-14)19-7;1-5(15)8-3-13-9(20-8)2-6-10(16)12(18)11(17)7(4-14)19-6/h2-4,6-7,11-12,15-16,18,24-26,28H,5,8H2,1H3;2,5,9-10,13-14,16,23-25,27H,3-4,6H2,1H3;4,7-8,11-13,15,17-19H,2-3,5H2,1H3;2,6-7,9-11,14,16-18H,3-4H2,1H3;3,6-7,10-12,14,16-18H,2,4H2,1H3/t11-,12-,15-,16-,18-;9-,10-,13-,14-,16-;7-,8-,11-,12-,13-;6-,7-,9-,10-,11+;6-,7-,10-,11-,12-/m11111/s1. The quantitative estimate of drug-likeness (QED) is 0.0207. The monoisotopic (exact) mass is 1870 g/mol. The van der Waals surface area contributed by atoms with Crippen LogP contribution in [0.25, 0.3) is 16.3 Å². The molecule has 6 aliphatic heterocycles. The molecule has 14 rings (SSSR count). The van der Waals surface area contributed by atoms with Gasteiger partial charge in [0.1, 0.15) is 138 Å². The van der Waals surface area contributed by atoms with Gasteiger partial charge in [-0.3, -0.25) is 29.0 Å². The molecule has 8 aromatic heterocycles. The molecule has 25 atom stereocenters. The van der Waals surface area contributed by atoms with Crippen LogP contribution in [-0.2, 0) is 49.4 Å². The van der Waals surface area contributed by atoms with Gasteiger partial charge in [-0.1, -0.05) is 11.8 Å². The molecule has 0 spiro atoms. The van der Waals surface area contributed by atoms with Crippen molar-refractivity contribution in [3.63, 3.8) is 0 Å². The van der Waals surface area contributed by atoms with Gasteiger partial charge < -0.3 is 126 Å². The molecule has 40 nitrogen and oxygen atoms in total. The molecule has 8 aromatic rings. The van der Waals surface area contributed by atoms with Gasteiger partial charge in [0.15, 0.2) is 21.7 Å². The van der Waals surface area contributed by atoms with E-state index >= 15 is 0 Å². The SMILES string of the molecule is CC(=O)c1cnc(CC[C@H]2O[C@H](CO)[C@@H](O)[C@H](O)[C@@H]2O)s1.CC(=O)c1cnc(C[C@H]2O[C@H](CO)[C@@H](O)[C@H](O)[C@@H]2O)s1.CC(=O)c1cnc(SC[C@H]2O[C@H](CO)[C@@H](O)[C@H](O)[C@@H]2O)s1.Cc1nc(-c2cccnc2)sc1C(=O)c1cnc(C[C@H]2O[C@H](CO)[C@@H](O)[C@H](O)[C@@H]2O)s1.Cc1nc(C2=CCN=N2)sc1C(=O)c1cnc(C[C@H]2O[C@H](CO)[C@@H](O)[C@H](O)[C@@H]2O)s1. The number of aromatic nitrogens is 8. The van der Waals surface area contributed by atoms with Crippen LogP contribution in [0.15, 0.2) is 76.2 Å². The first-order valence-electron chi connectivity index (χ1n) is 38.0. The number of carbonyl (C=O) groups is 5. The van der Waals surface area contributed by atoms with E-state index < -0.39 is 186 Å². The number of Topliss-reactive ketones (excluding diaryl/α,β-unsaturated/α-hetero) is 3. The van der Waals surface area contributed by atoms with Gasteiger partial charge in [-0.25, -0.2) is 34.9 Å². The van der Waals surface area contributed by atoms with E-state index in [2.05, 4.69) is 50.1 Å². The van der Waals surface area contributed by atoms with Crippen molar-refractivity contribution in [2.24, 2.45) is 10.2 Å². The number of pyridine rings is 1. The van der Waals surface area contributed by atoms with Gasteiger partial charge in [0.05, 0.1) is 142 Å². The van der Waals surface area contributed by atoms with Crippen molar-refractivity contribution in [3.8, 4) is 10.6 Å². The summed E-state index contributed by atoms with van der Waals surface area (Å²) in [7, 11) is 0. The minimum Gasteiger partial charge on any atom is -0.394 e. The zero-order chi connectivity index (χ0) is 89.5. The van der Waals surface area contributed by atoms with Crippen LogP contribution in [0.4, 0.5) is 0 Å². The number of aryl methyl sites for hydroxylation is 3. The first-order valence-corrected chi connectivity index (χ1v) is 44.7. The Morgan fingerprint density at radius 2 is 0.740 bits per heavy atom. The summed E-state index contributed by atoms with van der Waals surface area (Å²) in [6.45, 7) is 6.07. The molecule has 5 saturated heterocycles. The van der Waals surface area contributed by atoms with Crippen LogP contribution in [0.5, 0.6) is 0 Å². The molecule has 0 amide bonds. The maximum Gasteiger partial charge on any atom is 0.216 e. The van der Waals surface area contributed by atoms with Crippen LogP contribution in [0.1, 0.15) is 122 Å². The Morgan fingerprint density at radius 3 is 1.12 bits per heavy atom. The highest BCUT2D eigenvalue weighted by Crippen LogP contribution is 2.37. The van der Waals surface area contributed by atoms with Crippen LogP contribution in [0.3, 0.4) is 0 Å². The van der Waals surface area contributed by atoms with Crippen molar-refractivity contribution in [1.82, 2.24) is 39.9 Å². The Bertz CT molecular complexity index is 4760. The van der Waals surface area contributed by atoms with Crippen LogP contribution < -0.4 is 0 Å². The summed E-state index contributed by atoms with van der Waals surface area (Å²) in [6.07, 6.45) is -15.1. The second-order valence-corrected chi connectivity index (χ2v) is 37.5. The zero-order valence-corrected chi connectivity index (χ0v) is 72.5. The maximum atomic E-state index is 13.0. The molecule has 14 heterocycles. The lowest BCUT2D eigenvalue weighted by Gasteiger charge is -2.40. The number of carbonyl (C=O) groups excluding carboxylic acids is 5. The Balaban J connectivity index is 0.000000163. The molecule has 0 unspecified atom stereocenters. The summed E-state index contributed by atoms with van der Waals surface area (Å²) in [6, 6.07) is 3.69. The first-order chi connectivity index (χ1) is 58.6. The summed E-state index contributed by atoms with van der Waals surface area (Å²) >= 11 is 9.85. The summed E-state index contributed by atoms with van der Waals surface area (Å²) in [5.74, 6) is -0.319. The van der Waals surface area contributed by atoms with E-state index in [1.807, 2.05) is 18.2 Å². The molecule has 6 aliphatic rings. The Kier molecular flexibility index (Phi) is 36.6. The van der Waals surface area contributed by atoms with Gasteiger partial charge in [-0.05, 0) is 38.5 Å². The normalized spacial score (nSPS) is 30.4. The number of ketones is 5. The lowest BCUT2D eigenvalue weighted by molar-refractivity contribution is -0.230. The Hall–Kier alpha value is -6.40. The Morgan fingerprint density at radius 1 is 0.398 bits per heavy atom. The third kappa shape index (κ3) is 24.7. The van der Waals surface area contributed by atoms with Gasteiger partial charge >= 0.3 is 0 Å². The van der Waals surface area contributed by atoms with Crippen LogP contribution in [0, 0.1) is 13.8 Å². The molecule has 0 saturated carbocycles. The van der Waals surface area contributed by atoms with Gasteiger partial charge in [0.2, 0.25) is 11.6 Å². The molecular weight excluding hydrogens is 1780 g/mol. The molecule has 123 heavy (non-hydrogen) atoms. The smallest absolute Gasteiger partial charge is 0.216 e. The van der Waals surface area contributed by atoms with E-state index in [9.17, 15) is 111 Å². The number of nitrogens with zero attached hydrogens (tertiary/aromatic N) is 10. The van der Waals surface area contributed by atoms with Crippen molar-refractivity contribution >= 4 is 126 Å². The van der Waals surface area contributed by atoms with Crippen molar-refractivity contribution in [3.05, 3.63) is 132 Å². The molecule has 0 radical (unpaired) electrons. The minimum atomic E-state index is -1.44. The summed E-state index contributed by atoms with van der Waals surface area (Å²) in [5, 5.41) is 205. The topological polar surface area (TPSA) is 664 Å².